The minimum atomic E-state index is -0.996. The molecule has 15 heavy (non-hydrogen) atoms. The minimum Gasteiger partial charge on any atom is -0.480 e. The SMILES string of the molecule is CCCCCN1C(=O)OC(C)C1C(=O)O. The molecule has 86 valence electrons. The lowest BCUT2D eigenvalue weighted by molar-refractivity contribution is -0.142. The number of unbranched alkanes of at least 4 members (excludes halogenated alkanes) is 2. The van der Waals surface area contributed by atoms with E-state index in [2.05, 4.69) is 6.92 Å². The van der Waals surface area contributed by atoms with Crippen LogP contribution in [0.5, 0.6) is 0 Å². The van der Waals surface area contributed by atoms with E-state index >= 15 is 0 Å². The molecule has 1 amide bonds. The number of cyclic esters (lactones) is 1. The summed E-state index contributed by atoms with van der Waals surface area (Å²) >= 11 is 0. The summed E-state index contributed by atoms with van der Waals surface area (Å²) in [6.45, 7) is 4.13. The third-order valence-corrected chi connectivity index (χ3v) is 2.56. The van der Waals surface area contributed by atoms with E-state index in [9.17, 15) is 9.59 Å². The van der Waals surface area contributed by atoms with Crippen molar-refractivity contribution >= 4 is 12.1 Å². The first kappa shape index (κ1) is 11.8. The second kappa shape index (κ2) is 5.00. The number of carboxylic acids is 1. The van der Waals surface area contributed by atoms with Gasteiger partial charge in [0.25, 0.3) is 0 Å². The lowest BCUT2D eigenvalue weighted by Crippen LogP contribution is -2.42. The summed E-state index contributed by atoms with van der Waals surface area (Å²) in [7, 11) is 0. The fraction of sp³-hybridized carbons (Fsp3) is 0.800. The first-order chi connectivity index (χ1) is 7.07. The van der Waals surface area contributed by atoms with Crippen molar-refractivity contribution in [2.24, 2.45) is 0 Å². The number of rotatable bonds is 5. The maximum absolute atomic E-state index is 11.3. The van der Waals surface area contributed by atoms with Gasteiger partial charge in [0, 0.05) is 6.54 Å². The predicted octanol–water partition coefficient (Wildman–Crippen LogP) is 1.47. The van der Waals surface area contributed by atoms with Crippen LogP contribution in [0.4, 0.5) is 4.79 Å². The fourth-order valence-corrected chi connectivity index (χ4v) is 1.75. The van der Waals surface area contributed by atoms with Crippen LogP contribution >= 0.6 is 0 Å². The highest BCUT2D eigenvalue weighted by Gasteiger charge is 2.43. The highest BCUT2D eigenvalue weighted by Crippen LogP contribution is 2.20. The number of carbonyl (C=O) groups excluding carboxylic acids is 1. The second-order valence-corrected chi connectivity index (χ2v) is 3.77. The molecule has 2 unspecified atom stereocenters. The Kier molecular flexibility index (Phi) is 3.94. The van der Waals surface area contributed by atoms with Crippen molar-refractivity contribution in [3.05, 3.63) is 0 Å². The van der Waals surface area contributed by atoms with Crippen LogP contribution in [0.1, 0.15) is 33.1 Å². The second-order valence-electron chi connectivity index (χ2n) is 3.77. The Morgan fingerprint density at radius 3 is 2.73 bits per heavy atom. The van der Waals surface area contributed by atoms with Crippen molar-refractivity contribution in [2.45, 2.75) is 45.3 Å². The number of ether oxygens (including phenoxy) is 1. The first-order valence-electron chi connectivity index (χ1n) is 5.28. The molecule has 0 saturated carbocycles. The van der Waals surface area contributed by atoms with Gasteiger partial charge in [-0.15, -0.1) is 0 Å². The molecule has 0 bridgehead atoms. The van der Waals surface area contributed by atoms with E-state index in [0.717, 1.165) is 19.3 Å². The van der Waals surface area contributed by atoms with E-state index in [1.807, 2.05) is 0 Å². The highest BCUT2D eigenvalue weighted by molar-refractivity contribution is 5.83. The monoisotopic (exact) mass is 215 g/mol. The Balaban J connectivity index is 2.58. The molecule has 5 heteroatoms. The molecular weight excluding hydrogens is 198 g/mol. The van der Waals surface area contributed by atoms with Gasteiger partial charge < -0.3 is 9.84 Å². The van der Waals surface area contributed by atoms with Gasteiger partial charge in [0.2, 0.25) is 0 Å². The molecule has 0 aromatic rings. The summed E-state index contributed by atoms with van der Waals surface area (Å²) < 4.78 is 4.88. The largest absolute Gasteiger partial charge is 0.480 e. The van der Waals surface area contributed by atoms with Gasteiger partial charge in [-0.1, -0.05) is 19.8 Å². The molecule has 2 atom stereocenters. The van der Waals surface area contributed by atoms with Crippen molar-refractivity contribution < 1.29 is 19.4 Å². The summed E-state index contributed by atoms with van der Waals surface area (Å²) in [5.41, 5.74) is 0. The lowest BCUT2D eigenvalue weighted by atomic mass is 10.1. The average molecular weight is 215 g/mol. The lowest BCUT2D eigenvalue weighted by Gasteiger charge is -2.19. The first-order valence-corrected chi connectivity index (χ1v) is 5.28. The van der Waals surface area contributed by atoms with Crippen LogP contribution in [0.15, 0.2) is 0 Å². The van der Waals surface area contributed by atoms with E-state index in [-0.39, 0.29) is 0 Å². The van der Waals surface area contributed by atoms with Gasteiger partial charge in [-0.2, -0.15) is 0 Å². The highest BCUT2D eigenvalue weighted by atomic mass is 16.6. The molecule has 1 aliphatic heterocycles. The van der Waals surface area contributed by atoms with Crippen molar-refractivity contribution in [3.8, 4) is 0 Å². The molecule has 1 saturated heterocycles. The van der Waals surface area contributed by atoms with Gasteiger partial charge in [-0.3, -0.25) is 4.90 Å². The van der Waals surface area contributed by atoms with Crippen LogP contribution in [0.25, 0.3) is 0 Å². The van der Waals surface area contributed by atoms with E-state index < -0.39 is 24.2 Å². The molecule has 0 aromatic heterocycles. The molecule has 0 radical (unpaired) electrons. The molecule has 5 nitrogen and oxygen atoms in total. The summed E-state index contributed by atoms with van der Waals surface area (Å²) in [4.78, 5) is 23.6. The minimum absolute atomic E-state index is 0.466. The van der Waals surface area contributed by atoms with Gasteiger partial charge >= 0.3 is 12.1 Å². The molecule has 1 aliphatic rings. The van der Waals surface area contributed by atoms with Gasteiger partial charge in [-0.05, 0) is 13.3 Å². The third kappa shape index (κ3) is 2.61. The zero-order valence-electron chi connectivity index (χ0n) is 9.10. The molecule has 1 fully saturated rings. The van der Waals surface area contributed by atoms with Gasteiger partial charge in [0.1, 0.15) is 6.10 Å². The smallest absolute Gasteiger partial charge is 0.411 e. The number of nitrogens with zero attached hydrogens (tertiary/aromatic N) is 1. The van der Waals surface area contributed by atoms with Crippen LogP contribution in [0, 0.1) is 0 Å². The number of aliphatic carboxylic acids is 1. The van der Waals surface area contributed by atoms with E-state index in [1.165, 1.54) is 4.90 Å². The molecule has 1 heterocycles. The molecular formula is C10H17NO4. The zero-order valence-corrected chi connectivity index (χ0v) is 9.10. The molecule has 0 aromatic carbocycles. The van der Waals surface area contributed by atoms with Crippen LogP contribution in [0.2, 0.25) is 0 Å². The van der Waals surface area contributed by atoms with Crippen molar-refractivity contribution in [3.63, 3.8) is 0 Å². The van der Waals surface area contributed by atoms with Crippen LogP contribution in [0.3, 0.4) is 0 Å². The standard InChI is InChI=1S/C10H17NO4/c1-3-4-5-6-11-8(9(12)13)7(2)15-10(11)14/h7-8H,3-6H2,1-2H3,(H,12,13). The maximum atomic E-state index is 11.3. The van der Waals surface area contributed by atoms with E-state index in [4.69, 9.17) is 9.84 Å². The number of carbonyl (C=O) groups is 2. The average Bonchev–Trinajstić information content (AvgIpc) is 2.42. The molecule has 1 rings (SSSR count). The Hall–Kier alpha value is -1.26. The normalized spacial score (nSPS) is 25.5. The van der Waals surface area contributed by atoms with E-state index in [1.54, 1.807) is 6.92 Å². The van der Waals surface area contributed by atoms with Crippen molar-refractivity contribution in [2.75, 3.05) is 6.54 Å². The third-order valence-electron chi connectivity index (χ3n) is 2.56. The Morgan fingerprint density at radius 2 is 2.20 bits per heavy atom. The summed E-state index contributed by atoms with van der Waals surface area (Å²) in [5, 5.41) is 8.95. The van der Waals surface area contributed by atoms with Gasteiger partial charge in [0.05, 0.1) is 0 Å². The molecule has 1 N–H and O–H groups in total. The summed E-state index contributed by atoms with van der Waals surface area (Å²) in [6.07, 6.45) is 1.78. The van der Waals surface area contributed by atoms with Crippen LogP contribution < -0.4 is 0 Å². The number of amides is 1. The number of hydrogen-bond donors (Lipinski definition) is 1. The predicted molar refractivity (Wildman–Crippen MR) is 53.6 cm³/mol. The Morgan fingerprint density at radius 1 is 1.53 bits per heavy atom. The summed E-state index contributed by atoms with van der Waals surface area (Å²) in [6, 6.07) is -0.825. The van der Waals surface area contributed by atoms with Crippen LogP contribution in [-0.2, 0) is 9.53 Å². The van der Waals surface area contributed by atoms with Crippen molar-refractivity contribution in [1.29, 1.82) is 0 Å². The Bertz CT molecular complexity index is 254. The van der Waals surface area contributed by atoms with Crippen LogP contribution in [-0.4, -0.2) is 40.8 Å². The quantitative estimate of drug-likeness (QED) is 0.705. The van der Waals surface area contributed by atoms with Crippen molar-refractivity contribution in [1.82, 2.24) is 4.90 Å². The molecule has 0 aliphatic carbocycles. The topological polar surface area (TPSA) is 66.8 Å². The number of hydrogen-bond acceptors (Lipinski definition) is 3. The summed E-state index contributed by atoms with van der Waals surface area (Å²) in [5.74, 6) is -0.996. The number of carboxylic acid groups (broad SMARTS) is 1. The zero-order chi connectivity index (χ0) is 11.4. The Labute approximate surface area is 89.0 Å². The fourth-order valence-electron chi connectivity index (χ4n) is 1.75. The van der Waals surface area contributed by atoms with E-state index in [0.29, 0.717) is 6.54 Å². The van der Waals surface area contributed by atoms with Gasteiger partial charge in [-0.25, -0.2) is 9.59 Å². The molecule has 0 spiro atoms. The maximum Gasteiger partial charge on any atom is 0.411 e. The van der Waals surface area contributed by atoms with Gasteiger partial charge in [0.15, 0.2) is 6.04 Å².